The van der Waals surface area contributed by atoms with Gasteiger partial charge in [0.1, 0.15) is 5.82 Å². The largest absolute Gasteiger partial charge is 0.373 e. The van der Waals surface area contributed by atoms with Gasteiger partial charge in [0.05, 0.1) is 18.8 Å². The SMILES string of the molecule is CCN1CCO[C@@H](CNc2ncc(C)cn2)[C@@H]1c1nccn1C. The zero-order valence-electron chi connectivity index (χ0n) is 13.9. The Hall–Kier alpha value is -1.99. The number of ether oxygens (including phenoxy) is 1. The molecular weight excluding hydrogens is 292 g/mol. The first-order chi connectivity index (χ1) is 11.2. The second-order valence-corrected chi connectivity index (χ2v) is 5.84. The topological polar surface area (TPSA) is 68.1 Å². The number of aromatic nitrogens is 4. The van der Waals surface area contributed by atoms with Gasteiger partial charge in [0.2, 0.25) is 5.95 Å². The van der Waals surface area contributed by atoms with Crippen LogP contribution in [0.4, 0.5) is 5.95 Å². The van der Waals surface area contributed by atoms with Crippen molar-refractivity contribution in [2.24, 2.45) is 7.05 Å². The number of anilines is 1. The highest BCUT2D eigenvalue weighted by Crippen LogP contribution is 2.28. The van der Waals surface area contributed by atoms with Crippen LogP contribution in [0.15, 0.2) is 24.8 Å². The van der Waals surface area contributed by atoms with Crippen LogP contribution < -0.4 is 5.32 Å². The monoisotopic (exact) mass is 316 g/mol. The van der Waals surface area contributed by atoms with Gasteiger partial charge in [-0.1, -0.05) is 6.92 Å². The van der Waals surface area contributed by atoms with E-state index in [0.29, 0.717) is 12.5 Å². The number of rotatable bonds is 5. The molecule has 0 radical (unpaired) electrons. The lowest BCUT2D eigenvalue weighted by Crippen LogP contribution is -2.48. The van der Waals surface area contributed by atoms with Crippen LogP contribution in [0, 0.1) is 6.92 Å². The fourth-order valence-electron chi connectivity index (χ4n) is 2.98. The third-order valence-corrected chi connectivity index (χ3v) is 4.23. The molecular formula is C16H24N6O. The van der Waals surface area contributed by atoms with E-state index in [1.165, 1.54) is 0 Å². The average molecular weight is 316 g/mol. The summed E-state index contributed by atoms with van der Waals surface area (Å²) in [6.45, 7) is 7.43. The van der Waals surface area contributed by atoms with Gasteiger partial charge in [-0.3, -0.25) is 4.90 Å². The second-order valence-electron chi connectivity index (χ2n) is 5.84. The van der Waals surface area contributed by atoms with E-state index >= 15 is 0 Å². The molecule has 0 unspecified atom stereocenters. The summed E-state index contributed by atoms with van der Waals surface area (Å²) in [5.41, 5.74) is 1.05. The Morgan fingerprint density at radius 1 is 1.30 bits per heavy atom. The van der Waals surface area contributed by atoms with Crippen LogP contribution in [-0.2, 0) is 11.8 Å². The minimum absolute atomic E-state index is 0.00898. The quantitative estimate of drug-likeness (QED) is 0.899. The summed E-state index contributed by atoms with van der Waals surface area (Å²) < 4.78 is 8.10. The highest BCUT2D eigenvalue weighted by molar-refractivity contribution is 5.25. The van der Waals surface area contributed by atoms with E-state index in [0.717, 1.165) is 31.1 Å². The Bertz CT molecular complexity index is 626. The van der Waals surface area contributed by atoms with Crippen molar-refractivity contribution >= 4 is 5.95 Å². The van der Waals surface area contributed by atoms with Crippen molar-refractivity contribution in [3.05, 3.63) is 36.2 Å². The summed E-state index contributed by atoms with van der Waals surface area (Å²) in [6, 6.07) is 0.131. The third-order valence-electron chi connectivity index (χ3n) is 4.23. The Balaban J connectivity index is 1.75. The minimum atomic E-state index is 0.00898. The molecule has 3 rings (SSSR count). The average Bonchev–Trinajstić information content (AvgIpc) is 2.99. The number of imidazole rings is 1. The lowest BCUT2D eigenvalue weighted by molar-refractivity contribution is -0.0675. The van der Waals surface area contributed by atoms with Gasteiger partial charge in [0.25, 0.3) is 0 Å². The molecule has 1 N–H and O–H groups in total. The van der Waals surface area contributed by atoms with Crippen molar-refractivity contribution in [1.82, 2.24) is 24.4 Å². The van der Waals surface area contributed by atoms with Crippen LogP contribution in [-0.4, -0.2) is 56.8 Å². The highest BCUT2D eigenvalue weighted by Gasteiger charge is 2.35. The number of morpholine rings is 1. The van der Waals surface area contributed by atoms with Gasteiger partial charge < -0.3 is 14.6 Å². The summed E-state index contributed by atoms with van der Waals surface area (Å²) in [6.07, 6.45) is 7.45. The molecule has 2 aromatic rings. The first kappa shape index (κ1) is 15.9. The van der Waals surface area contributed by atoms with E-state index in [1.54, 1.807) is 0 Å². The number of aryl methyl sites for hydroxylation is 2. The first-order valence-corrected chi connectivity index (χ1v) is 8.04. The molecule has 7 nitrogen and oxygen atoms in total. The highest BCUT2D eigenvalue weighted by atomic mass is 16.5. The maximum Gasteiger partial charge on any atom is 0.222 e. The van der Waals surface area contributed by atoms with Gasteiger partial charge >= 0.3 is 0 Å². The molecule has 0 spiro atoms. The summed E-state index contributed by atoms with van der Waals surface area (Å²) in [7, 11) is 2.03. The Kier molecular flexibility index (Phi) is 4.88. The van der Waals surface area contributed by atoms with Crippen molar-refractivity contribution in [3.8, 4) is 0 Å². The Labute approximate surface area is 136 Å². The van der Waals surface area contributed by atoms with Crippen molar-refractivity contribution in [1.29, 1.82) is 0 Å². The van der Waals surface area contributed by atoms with Crippen molar-refractivity contribution in [3.63, 3.8) is 0 Å². The van der Waals surface area contributed by atoms with Crippen molar-refractivity contribution in [2.45, 2.75) is 26.0 Å². The zero-order valence-corrected chi connectivity index (χ0v) is 13.9. The smallest absolute Gasteiger partial charge is 0.222 e. The molecule has 1 fully saturated rings. The van der Waals surface area contributed by atoms with E-state index in [1.807, 2.05) is 38.8 Å². The van der Waals surface area contributed by atoms with Crippen LogP contribution in [0.1, 0.15) is 24.4 Å². The van der Waals surface area contributed by atoms with E-state index in [4.69, 9.17) is 4.74 Å². The predicted molar refractivity (Wildman–Crippen MR) is 88.2 cm³/mol. The zero-order chi connectivity index (χ0) is 16.2. The summed E-state index contributed by atoms with van der Waals surface area (Å²) >= 11 is 0. The molecule has 2 aromatic heterocycles. The fourth-order valence-corrected chi connectivity index (χ4v) is 2.98. The molecule has 0 bridgehead atoms. The molecule has 0 aliphatic carbocycles. The molecule has 0 saturated carbocycles. The fraction of sp³-hybridized carbons (Fsp3) is 0.562. The number of hydrogen-bond acceptors (Lipinski definition) is 6. The maximum absolute atomic E-state index is 6.03. The lowest BCUT2D eigenvalue weighted by Gasteiger charge is -2.40. The molecule has 1 aliphatic heterocycles. The molecule has 1 aliphatic rings. The van der Waals surface area contributed by atoms with E-state index in [9.17, 15) is 0 Å². The Morgan fingerprint density at radius 3 is 2.74 bits per heavy atom. The molecule has 23 heavy (non-hydrogen) atoms. The first-order valence-electron chi connectivity index (χ1n) is 8.04. The van der Waals surface area contributed by atoms with Crippen LogP contribution in [0.5, 0.6) is 0 Å². The summed E-state index contributed by atoms with van der Waals surface area (Å²) in [5, 5.41) is 3.29. The van der Waals surface area contributed by atoms with Gasteiger partial charge in [-0.2, -0.15) is 0 Å². The van der Waals surface area contributed by atoms with Crippen LogP contribution in [0.3, 0.4) is 0 Å². The maximum atomic E-state index is 6.03. The van der Waals surface area contributed by atoms with Gasteiger partial charge in [-0.05, 0) is 19.0 Å². The normalized spacial score (nSPS) is 22.2. The second kappa shape index (κ2) is 7.06. The number of nitrogens with zero attached hydrogens (tertiary/aromatic N) is 5. The van der Waals surface area contributed by atoms with Gasteiger partial charge in [0, 0.05) is 44.9 Å². The third kappa shape index (κ3) is 3.51. The molecule has 0 amide bonds. The van der Waals surface area contributed by atoms with Crippen LogP contribution in [0.25, 0.3) is 0 Å². The van der Waals surface area contributed by atoms with Crippen LogP contribution in [0.2, 0.25) is 0 Å². The van der Waals surface area contributed by atoms with E-state index in [2.05, 4.69) is 36.7 Å². The van der Waals surface area contributed by atoms with Gasteiger partial charge in [0.15, 0.2) is 0 Å². The molecule has 0 aromatic carbocycles. The van der Waals surface area contributed by atoms with E-state index < -0.39 is 0 Å². The summed E-state index contributed by atoms with van der Waals surface area (Å²) in [5.74, 6) is 1.66. The van der Waals surface area contributed by atoms with Crippen molar-refractivity contribution in [2.75, 3.05) is 31.6 Å². The standard InChI is InChI=1S/C16H24N6O/c1-4-22-7-8-23-13(14(22)15-17-5-6-21(15)3)11-20-16-18-9-12(2)10-19-16/h5-6,9-10,13-14H,4,7-8,11H2,1-3H3,(H,18,19,20)/t13-,14+/m0/s1. The number of nitrogens with one attached hydrogen (secondary N) is 1. The van der Waals surface area contributed by atoms with Gasteiger partial charge in [-0.25, -0.2) is 15.0 Å². The summed E-state index contributed by atoms with van der Waals surface area (Å²) in [4.78, 5) is 15.5. The molecule has 3 heterocycles. The molecule has 1 saturated heterocycles. The molecule has 2 atom stereocenters. The van der Waals surface area contributed by atoms with Crippen LogP contribution >= 0.6 is 0 Å². The predicted octanol–water partition coefficient (Wildman–Crippen LogP) is 1.39. The number of hydrogen-bond donors (Lipinski definition) is 1. The van der Waals surface area contributed by atoms with Crippen molar-refractivity contribution < 1.29 is 4.74 Å². The van der Waals surface area contributed by atoms with E-state index in [-0.39, 0.29) is 12.1 Å². The molecule has 124 valence electrons. The minimum Gasteiger partial charge on any atom is -0.373 e. The molecule has 7 heteroatoms. The lowest BCUT2D eigenvalue weighted by atomic mass is 10.1. The number of likely N-dealkylation sites (N-methyl/N-ethyl adjacent to an activating group) is 1. The Morgan fingerprint density at radius 2 is 2.09 bits per heavy atom. The van der Waals surface area contributed by atoms with Gasteiger partial charge in [-0.15, -0.1) is 0 Å².